The summed E-state index contributed by atoms with van der Waals surface area (Å²) in [4.78, 5) is 4.24. The minimum Gasteiger partial charge on any atom is -0.477 e. The van der Waals surface area contributed by atoms with Crippen molar-refractivity contribution in [1.82, 2.24) is 10.3 Å². The summed E-state index contributed by atoms with van der Waals surface area (Å²) in [5.41, 5.74) is 1.09. The number of aromatic nitrogens is 1. The van der Waals surface area contributed by atoms with E-state index in [1.807, 2.05) is 19.2 Å². The average molecular weight is 224 g/mol. The number of ether oxygens (including phenoxy) is 2. The third-order valence-corrected chi connectivity index (χ3v) is 2.43. The van der Waals surface area contributed by atoms with E-state index in [-0.39, 0.29) is 6.04 Å². The molecule has 1 heterocycles. The van der Waals surface area contributed by atoms with Crippen LogP contribution in [0.3, 0.4) is 0 Å². The zero-order valence-corrected chi connectivity index (χ0v) is 10.2. The van der Waals surface area contributed by atoms with Gasteiger partial charge in [0.05, 0.1) is 6.61 Å². The molecule has 0 radical (unpaired) electrons. The fourth-order valence-corrected chi connectivity index (χ4v) is 1.38. The number of rotatable bonds is 7. The number of nitrogens with one attached hydrogen (secondary N) is 1. The molecule has 0 saturated carbocycles. The van der Waals surface area contributed by atoms with Crippen molar-refractivity contribution in [2.24, 2.45) is 0 Å². The molecule has 90 valence electrons. The first-order chi connectivity index (χ1) is 7.79. The summed E-state index contributed by atoms with van der Waals surface area (Å²) in [5.74, 6) is 0.709. The zero-order chi connectivity index (χ0) is 11.8. The maximum atomic E-state index is 5.63. The van der Waals surface area contributed by atoms with Gasteiger partial charge in [-0.25, -0.2) is 4.98 Å². The average Bonchev–Trinajstić information content (AvgIpc) is 2.34. The maximum absolute atomic E-state index is 5.63. The second-order valence-electron chi connectivity index (χ2n) is 3.60. The van der Waals surface area contributed by atoms with Crippen LogP contribution in [0.4, 0.5) is 0 Å². The molecular weight excluding hydrogens is 204 g/mol. The predicted molar refractivity (Wildman–Crippen MR) is 63.7 cm³/mol. The standard InChI is InChI=1S/C12H20N2O2/c1-10(13-2)11-6-4-7-14-12(11)16-9-5-8-15-3/h4,6-7,10,13H,5,8-9H2,1-3H3. The Morgan fingerprint density at radius 1 is 1.44 bits per heavy atom. The number of nitrogens with zero attached hydrogens (tertiary/aromatic N) is 1. The smallest absolute Gasteiger partial charge is 0.218 e. The molecule has 1 aromatic rings. The molecule has 4 nitrogen and oxygen atoms in total. The molecule has 1 unspecified atom stereocenters. The number of pyridine rings is 1. The zero-order valence-electron chi connectivity index (χ0n) is 10.2. The lowest BCUT2D eigenvalue weighted by Crippen LogP contribution is -2.15. The lowest BCUT2D eigenvalue weighted by atomic mass is 10.1. The summed E-state index contributed by atoms with van der Waals surface area (Å²) in [6, 6.07) is 4.19. The van der Waals surface area contributed by atoms with Crippen molar-refractivity contribution in [2.45, 2.75) is 19.4 Å². The molecule has 1 rings (SSSR count). The Hall–Kier alpha value is -1.13. The first kappa shape index (κ1) is 12.9. The fourth-order valence-electron chi connectivity index (χ4n) is 1.38. The van der Waals surface area contributed by atoms with Crippen molar-refractivity contribution < 1.29 is 9.47 Å². The highest BCUT2D eigenvalue weighted by molar-refractivity contribution is 5.28. The molecule has 0 spiro atoms. The van der Waals surface area contributed by atoms with Crippen LogP contribution in [0.15, 0.2) is 18.3 Å². The monoisotopic (exact) mass is 224 g/mol. The second-order valence-corrected chi connectivity index (χ2v) is 3.60. The van der Waals surface area contributed by atoms with E-state index >= 15 is 0 Å². The van der Waals surface area contributed by atoms with Gasteiger partial charge in [0.2, 0.25) is 5.88 Å². The minimum absolute atomic E-state index is 0.242. The molecule has 0 aliphatic heterocycles. The third-order valence-electron chi connectivity index (χ3n) is 2.43. The Balaban J connectivity index is 2.57. The molecule has 0 fully saturated rings. The lowest BCUT2D eigenvalue weighted by Gasteiger charge is -2.14. The van der Waals surface area contributed by atoms with Crippen LogP contribution < -0.4 is 10.1 Å². The van der Waals surface area contributed by atoms with Gasteiger partial charge in [-0.1, -0.05) is 6.07 Å². The Morgan fingerprint density at radius 3 is 2.94 bits per heavy atom. The van der Waals surface area contributed by atoms with Crippen molar-refractivity contribution in [3.05, 3.63) is 23.9 Å². The predicted octanol–water partition coefficient (Wildman–Crippen LogP) is 1.78. The number of hydrogen-bond acceptors (Lipinski definition) is 4. The van der Waals surface area contributed by atoms with Crippen molar-refractivity contribution >= 4 is 0 Å². The van der Waals surface area contributed by atoms with E-state index < -0.39 is 0 Å². The van der Waals surface area contributed by atoms with Crippen molar-refractivity contribution in [3.63, 3.8) is 0 Å². The summed E-state index contributed by atoms with van der Waals surface area (Å²) >= 11 is 0. The van der Waals surface area contributed by atoms with Gasteiger partial charge in [0.1, 0.15) is 0 Å². The molecule has 16 heavy (non-hydrogen) atoms. The molecule has 0 bridgehead atoms. The first-order valence-electron chi connectivity index (χ1n) is 5.53. The molecule has 0 saturated heterocycles. The van der Waals surface area contributed by atoms with Gasteiger partial charge in [0, 0.05) is 37.9 Å². The van der Waals surface area contributed by atoms with Gasteiger partial charge in [0.25, 0.3) is 0 Å². The van der Waals surface area contributed by atoms with E-state index in [4.69, 9.17) is 9.47 Å². The minimum atomic E-state index is 0.242. The largest absolute Gasteiger partial charge is 0.477 e. The maximum Gasteiger partial charge on any atom is 0.218 e. The summed E-state index contributed by atoms with van der Waals surface area (Å²) in [6.07, 6.45) is 2.62. The van der Waals surface area contributed by atoms with Crippen LogP contribution in [0.25, 0.3) is 0 Å². The van der Waals surface area contributed by atoms with Gasteiger partial charge in [0.15, 0.2) is 0 Å². The molecule has 1 atom stereocenters. The normalized spacial score (nSPS) is 12.4. The number of methoxy groups -OCH3 is 1. The molecule has 1 aromatic heterocycles. The highest BCUT2D eigenvalue weighted by atomic mass is 16.5. The molecule has 0 aliphatic carbocycles. The van der Waals surface area contributed by atoms with Crippen molar-refractivity contribution in [1.29, 1.82) is 0 Å². The van der Waals surface area contributed by atoms with Crippen LogP contribution in [-0.4, -0.2) is 32.4 Å². The van der Waals surface area contributed by atoms with Gasteiger partial charge in [-0.3, -0.25) is 0 Å². The molecule has 4 heteroatoms. The van der Waals surface area contributed by atoms with Crippen LogP contribution >= 0.6 is 0 Å². The molecule has 1 N–H and O–H groups in total. The van der Waals surface area contributed by atoms with Gasteiger partial charge >= 0.3 is 0 Å². The highest BCUT2D eigenvalue weighted by Gasteiger charge is 2.10. The molecule has 0 aromatic carbocycles. The van der Waals surface area contributed by atoms with Gasteiger partial charge in [-0.2, -0.15) is 0 Å². The Morgan fingerprint density at radius 2 is 2.25 bits per heavy atom. The number of hydrogen-bond donors (Lipinski definition) is 1. The second kappa shape index (κ2) is 7.19. The van der Waals surface area contributed by atoms with E-state index in [0.29, 0.717) is 19.1 Å². The lowest BCUT2D eigenvalue weighted by molar-refractivity contribution is 0.170. The summed E-state index contributed by atoms with van der Waals surface area (Å²) in [6.45, 7) is 3.43. The third kappa shape index (κ3) is 3.79. The Kier molecular flexibility index (Phi) is 5.82. The van der Waals surface area contributed by atoms with E-state index in [1.54, 1.807) is 13.3 Å². The first-order valence-corrected chi connectivity index (χ1v) is 5.53. The SMILES string of the molecule is CNC(C)c1cccnc1OCCCOC. The van der Waals surface area contributed by atoms with E-state index in [0.717, 1.165) is 12.0 Å². The summed E-state index contributed by atoms with van der Waals surface area (Å²) in [5, 5.41) is 3.18. The van der Waals surface area contributed by atoms with Crippen LogP contribution in [0, 0.1) is 0 Å². The quantitative estimate of drug-likeness (QED) is 0.717. The molecule has 0 aliphatic rings. The van der Waals surface area contributed by atoms with E-state index in [9.17, 15) is 0 Å². The van der Waals surface area contributed by atoms with E-state index in [1.165, 1.54) is 0 Å². The van der Waals surface area contributed by atoms with E-state index in [2.05, 4.69) is 17.2 Å². The summed E-state index contributed by atoms with van der Waals surface area (Å²) in [7, 11) is 3.61. The van der Waals surface area contributed by atoms with Crippen LogP contribution in [-0.2, 0) is 4.74 Å². The molecule has 0 amide bonds. The summed E-state index contributed by atoms with van der Waals surface area (Å²) < 4.78 is 10.6. The van der Waals surface area contributed by atoms with Gasteiger partial charge in [-0.15, -0.1) is 0 Å². The van der Waals surface area contributed by atoms with Crippen molar-refractivity contribution in [3.8, 4) is 5.88 Å². The Bertz CT molecular complexity index is 305. The van der Waals surface area contributed by atoms with Crippen molar-refractivity contribution in [2.75, 3.05) is 27.4 Å². The Labute approximate surface area is 97.0 Å². The topological polar surface area (TPSA) is 43.4 Å². The fraction of sp³-hybridized carbons (Fsp3) is 0.583. The van der Waals surface area contributed by atoms with Gasteiger partial charge in [-0.05, 0) is 20.0 Å². The van der Waals surface area contributed by atoms with Crippen LogP contribution in [0.5, 0.6) is 5.88 Å². The molecular formula is C12H20N2O2. The van der Waals surface area contributed by atoms with Crippen LogP contribution in [0.1, 0.15) is 24.9 Å². The van der Waals surface area contributed by atoms with Gasteiger partial charge < -0.3 is 14.8 Å². The van der Waals surface area contributed by atoms with Crippen LogP contribution in [0.2, 0.25) is 0 Å². The highest BCUT2D eigenvalue weighted by Crippen LogP contribution is 2.21.